The minimum atomic E-state index is -0.180. The number of ether oxygens (including phenoxy) is 7. The number of rotatable bonds is 8. The maximum absolute atomic E-state index is 6.64. The number of methoxy groups -OCH3 is 4. The minimum Gasteiger partial charge on any atom is -0.493 e. The van der Waals surface area contributed by atoms with Crippen molar-refractivity contribution in [1.29, 1.82) is 0 Å². The minimum absolute atomic E-state index is 0.100. The van der Waals surface area contributed by atoms with E-state index in [0.717, 1.165) is 22.6 Å². The third-order valence-corrected chi connectivity index (χ3v) is 5.80. The first kappa shape index (κ1) is 20.8. The fraction of sp³-hybridized carbons (Fsp3) is 0.478. The van der Waals surface area contributed by atoms with E-state index in [9.17, 15) is 0 Å². The molecule has 4 atom stereocenters. The fourth-order valence-electron chi connectivity index (χ4n) is 4.39. The van der Waals surface area contributed by atoms with E-state index in [2.05, 4.69) is 0 Å². The second kappa shape index (κ2) is 9.12. The molecule has 7 nitrogen and oxygen atoms in total. The second-order valence-corrected chi connectivity index (χ2v) is 7.44. The van der Waals surface area contributed by atoms with Crippen LogP contribution in [0.3, 0.4) is 0 Å². The molecule has 30 heavy (non-hydrogen) atoms. The topological polar surface area (TPSA) is 64.6 Å². The summed E-state index contributed by atoms with van der Waals surface area (Å²) in [7, 11) is 6.68. The van der Waals surface area contributed by atoms with Crippen LogP contribution in [0.15, 0.2) is 36.4 Å². The highest BCUT2D eigenvalue weighted by atomic mass is 16.7. The van der Waals surface area contributed by atoms with E-state index < -0.39 is 0 Å². The lowest BCUT2D eigenvalue weighted by Gasteiger charge is -2.23. The number of hydrogen-bond donors (Lipinski definition) is 0. The number of fused-ring (bicyclic) bond motifs is 1. The second-order valence-electron chi connectivity index (χ2n) is 7.44. The summed E-state index contributed by atoms with van der Waals surface area (Å²) in [4.78, 5) is 0. The zero-order valence-electron chi connectivity index (χ0n) is 17.8. The van der Waals surface area contributed by atoms with E-state index in [1.54, 1.807) is 28.4 Å². The molecular weight excluding hydrogens is 388 g/mol. The predicted octanol–water partition coefficient (Wildman–Crippen LogP) is 3.77. The molecule has 2 aliphatic rings. The van der Waals surface area contributed by atoms with Gasteiger partial charge in [-0.1, -0.05) is 12.1 Å². The summed E-state index contributed by atoms with van der Waals surface area (Å²) in [5.74, 6) is 3.06. The highest BCUT2D eigenvalue weighted by Crippen LogP contribution is 2.51. The maximum atomic E-state index is 6.64. The Bertz CT molecular complexity index is 869. The van der Waals surface area contributed by atoms with Gasteiger partial charge in [-0.05, 0) is 35.4 Å². The standard InChI is InChI=1S/C23H28O7/c1-24-11-16-17(12-25-2)23(15-6-8-19-21(10-15)29-13-28-19)30-22(16)14-5-7-18(26-3)20(9-14)27-4/h5-10,16-17,22-23H,11-13H2,1-4H3/t16-,17-,22+,23+/m1/s1. The Morgan fingerprint density at radius 2 is 1.33 bits per heavy atom. The Kier molecular flexibility index (Phi) is 6.32. The summed E-state index contributed by atoms with van der Waals surface area (Å²) >= 11 is 0. The van der Waals surface area contributed by atoms with Crippen LogP contribution in [0.1, 0.15) is 23.3 Å². The van der Waals surface area contributed by atoms with Crippen LogP contribution in [-0.2, 0) is 14.2 Å². The smallest absolute Gasteiger partial charge is 0.231 e. The molecule has 2 aliphatic heterocycles. The van der Waals surface area contributed by atoms with E-state index in [1.807, 2.05) is 36.4 Å². The molecule has 0 saturated carbocycles. The van der Waals surface area contributed by atoms with E-state index in [-0.39, 0.29) is 30.8 Å². The van der Waals surface area contributed by atoms with Crippen molar-refractivity contribution in [3.05, 3.63) is 47.5 Å². The molecule has 0 spiro atoms. The van der Waals surface area contributed by atoms with Crippen molar-refractivity contribution in [2.24, 2.45) is 11.8 Å². The fourth-order valence-corrected chi connectivity index (χ4v) is 4.39. The van der Waals surface area contributed by atoms with Crippen molar-refractivity contribution in [2.45, 2.75) is 12.2 Å². The van der Waals surface area contributed by atoms with Crippen molar-refractivity contribution in [2.75, 3.05) is 48.4 Å². The molecule has 0 radical (unpaired) electrons. The van der Waals surface area contributed by atoms with Gasteiger partial charge in [0, 0.05) is 26.1 Å². The van der Waals surface area contributed by atoms with Gasteiger partial charge in [0.1, 0.15) is 0 Å². The molecule has 2 heterocycles. The van der Waals surface area contributed by atoms with Crippen LogP contribution < -0.4 is 18.9 Å². The Morgan fingerprint density at radius 1 is 0.733 bits per heavy atom. The Hall–Kier alpha value is -2.48. The van der Waals surface area contributed by atoms with Crippen molar-refractivity contribution in [1.82, 2.24) is 0 Å². The lowest BCUT2D eigenvalue weighted by Crippen LogP contribution is -2.25. The summed E-state index contributed by atoms with van der Waals surface area (Å²) in [5.41, 5.74) is 2.05. The van der Waals surface area contributed by atoms with Gasteiger partial charge >= 0.3 is 0 Å². The van der Waals surface area contributed by atoms with Crippen LogP contribution in [0.5, 0.6) is 23.0 Å². The monoisotopic (exact) mass is 416 g/mol. The molecular formula is C23H28O7. The highest BCUT2D eigenvalue weighted by molar-refractivity contribution is 5.46. The first-order valence-electron chi connectivity index (χ1n) is 9.95. The molecule has 0 N–H and O–H groups in total. The third-order valence-electron chi connectivity index (χ3n) is 5.80. The summed E-state index contributed by atoms with van der Waals surface area (Å²) in [6.45, 7) is 1.34. The van der Waals surface area contributed by atoms with Crippen molar-refractivity contribution < 1.29 is 33.2 Å². The molecule has 1 saturated heterocycles. The zero-order chi connectivity index (χ0) is 21.1. The van der Waals surface area contributed by atoms with Gasteiger partial charge < -0.3 is 33.2 Å². The van der Waals surface area contributed by atoms with Crippen molar-refractivity contribution >= 4 is 0 Å². The Labute approximate surface area is 176 Å². The molecule has 2 aromatic carbocycles. The lowest BCUT2D eigenvalue weighted by atomic mass is 9.83. The first-order chi connectivity index (χ1) is 14.7. The van der Waals surface area contributed by atoms with Gasteiger partial charge in [0.05, 0.1) is 39.6 Å². The quantitative estimate of drug-likeness (QED) is 0.649. The highest BCUT2D eigenvalue weighted by Gasteiger charge is 2.46. The Balaban J connectivity index is 1.70. The average molecular weight is 416 g/mol. The van der Waals surface area contributed by atoms with Gasteiger partial charge in [0.25, 0.3) is 0 Å². The summed E-state index contributed by atoms with van der Waals surface area (Å²) in [5, 5.41) is 0. The number of hydrogen-bond acceptors (Lipinski definition) is 7. The molecule has 0 aliphatic carbocycles. The van der Waals surface area contributed by atoms with Gasteiger partial charge in [0.15, 0.2) is 23.0 Å². The van der Waals surface area contributed by atoms with E-state index in [0.29, 0.717) is 24.7 Å². The van der Waals surface area contributed by atoms with Crippen molar-refractivity contribution in [3.8, 4) is 23.0 Å². The van der Waals surface area contributed by atoms with Gasteiger partial charge in [0.2, 0.25) is 6.79 Å². The summed E-state index contributed by atoms with van der Waals surface area (Å²) in [6.07, 6.45) is -0.349. The van der Waals surface area contributed by atoms with Gasteiger partial charge in [-0.2, -0.15) is 0 Å². The molecule has 0 unspecified atom stereocenters. The van der Waals surface area contributed by atoms with E-state index in [1.165, 1.54) is 0 Å². The van der Waals surface area contributed by atoms with E-state index >= 15 is 0 Å². The van der Waals surface area contributed by atoms with Gasteiger partial charge in [-0.3, -0.25) is 0 Å². The third kappa shape index (κ3) is 3.80. The molecule has 0 bridgehead atoms. The van der Waals surface area contributed by atoms with Crippen molar-refractivity contribution in [3.63, 3.8) is 0 Å². The zero-order valence-corrected chi connectivity index (χ0v) is 17.8. The molecule has 4 rings (SSSR count). The SMILES string of the molecule is COC[C@@H]1[C@@H](COC)[C@H](c2ccc3c(c2)OCO3)O[C@H]1c1ccc(OC)c(OC)c1. The molecule has 7 heteroatoms. The number of benzene rings is 2. The maximum Gasteiger partial charge on any atom is 0.231 e. The van der Waals surface area contributed by atoms with Gasteiger partial charge in [-0.15, -0.1) is 0 Å². The predicted molar refractivity (Wildman–Crippen MR) is 109 cm³/mol. The lowest BCUT2D eigenvalue weighted by molar-refractivity contribution is 0.0143. The molecule has 0 aromatic heterocycles. The molecule has 0 amide bonds. The average Bonchev–Trinajstić information content (AvgIpc) is 3.38. The van der Waals surface area contributed by atoms with Crippen LogP contribution >= 0.6 is 0 Å². The largest absolute Gasteiger partial charge is 0.493 e. The molecule has 1 fully saturated rings. The van der Waals surface area contributed by atoms with Crippen LogP contribution in [-0.4, -0.2) is 48.4 Å². The summed E-state index contributed by atoms with van der Waals surface area (Å²) in [6, 6.07) is 11.8. The van der Waals surface area contributed by atoms with Crippen LogP contribution in [0, 0.1) is 11.8 Å². The van der Waals surface area contributed by atoms with E-state index in [4.69, 9.17) is 33.2 Å². The van der Waals surface area contributed by atoms with Crippen LogP contribution in [0.4, 0.5) is 0 Å². The van der Waals surface area contributed by atoms with Crippen LogP contribution in [0.25, 0.3) is 0 Å². The normalized spacial score (nSPS) is 24.8. The Morgan fingerprint density at radius 3 is 1.97 bits per heavy atom. The summed E-state index contributed by atoms with van der Waals surface area (Å²) < 4.78 is 39.7. The molecule has 162 valence electrons. The van der Waals surface area contributed by atoms with Crippen LogP contribution in [0.2, 0.25) is 0 Å². The first-order valence-corrected chi connectivity index (χ1v) is 9.95. The molecule has 2 aromatic rings. The van der Waals surface area contributed by atoms with Gasteiger partial charge in [-0.25, -0.2) is 0 Å².